The third-order valence-electron chi connectivity index (χ3n) is 3.71. The zero-order valence-electron chi connectivity index (χ0n) is 14.6. The first-order chi connectivity index (χ1) is 13.8. The molecule has 0 aromatic heterocycles. The second-order valence-corrected chi connectivity index (χ2v) is 6.24. The van der Waals surface area contributed by atoms with E-state index >= 15 is 0 Å². The molecule has 0 saturated carbocycles. The van der Waals surface area contributed by atoms with Gasteiger partial charge < -0.3 is 10.1 Å². The maximum absolute atomic E-state index is 13.1. The van der Waals surface area contributed by atoms with Gasteiger partial charge in [0.25, 0.3) is 17.7 Å². The van der Waals surface area contributed by atoms with E-state index in [1.165, 1.54) is 30.3 Å². The normalized spacial score (nSPS) is 13.4. The molecule has 1 saturated heterocycles. The zero-order chi connectivity index (χ0) is 21.0. The lowest BCUT2D eigenvalue weighted by molar-refractivity contribution is -0.124. The van der Waals surface area contributed by atoms with Crippen LogP contribution in [0, 0.1) is 5.82 Å². The van der Waals surface area contributed by atoms with Gasteiger partial charge in [0.05, 0.1) is 5.02 Å². The maximum atomic E-state index is 13.1. The number of ether oxygens (including phenoxy) is 1. The maximum Gasteiger partial charge on any atom is 0.328 e. The fourth-order valence-electron chi connectivity index (χ4n) is 2.35. The number of imide groups is 2. The van der Waals surface area contributed by atoms with Gasteiger partial charge in [0.2, 0.25) is 0 Å². The summed E-state index contributed by atoms with van der Waals surface area (Å²) in [4.78, 5) is 46.3. The summed E-state index contributed by atoms with van der Waals surface area (Å²) in [6.45, 7) is -0.303. The number of barbiturate groups is 1. The Kier molecular flexibility index (Phi) is 5.89. The topological polar surface area (TPSA) is 114 Å². The summed E-state index contributed by atoms with van der Waals surface area (Å²) >= 11 is 5.65. The van der Waals surface area contributed by atoms with Crippen molar-refractivity contribution in [2.45, 2.75) is 0 Å². The van der Waals surface area contributed by atoms with Crippen molar-refractivity contribution in [1.82, 2.24) is 10.6 Å². The molecule has 0 atom stereocenters. The summed E-state index contributed by atoms with van der Waals surface area (Å²) in [5, 5.41) is 6.35. The molecule has 8 nitrogen and oxygen atoms in total. The molecule has 2 aromatic rings. The highest BCUT2D eigenvalue weighted by molar-refractivity contribution is 6.31. The Labute approximate surface area is 168 Å². The van der Waals surface area contributed by atoms with Crippen molar-refractivity contribution < 1.29 is 28.3 Å². The highest BCUT2D eigenvalue weighted by atomic mass is 35.5. The number of nitrogens with one attached hydrogen (secondary N) is 3. The molecule has 2 aromatic carbocycles. The summed E-state index contributed by atoms with van der Waals surface area (Å²) < 4.78 is 18.5. The van der Waals surface area contributed by atoms with Gasteiger partial charge in [-0.25, -0.2) is 9.18 Å². The zero-order valence-corrected chi connectivity index (χ0v) is 15.4. The van der Waals surface area contributed by atoms with Crippen LogP contribution in [0.2, 0.25) is 5.02 Å². The van der Waals surface area contributed by atoms with Crippen molar-refractivity contribution in [2.24, 2.45) is 0 Å². The number of urea groups is 1. The Morgan fingerprint density at radius 1 is 1.07 bits per heavy atom. The summed E-state index contributed by atoms with van der Waals surface area (Å²) in [6.07, 6.45) is 1.31. The largest absolute Gasteiger partial charge is 0.484 e. The second-order valence-electron chi connectivity index (χ2n) is 5.83. The molecule has 148 valence electrons. The van der Waals surface area contributed by atoms with Gasteiger partial charge in [-0.05, 0) is 42.0 Å². The molecule has 0 aliphatic carbocycles. The molecule has 0 unspecified atom stereocenters. The van der Waals surface area contributed by atoms with Crippen LogP contribution in [0.1, 0.15) is 5.56 Å². The molecule has 0 radical (unpaired) electrons. The van der Waals surface area contributed by atoms with E-state index in [1.54, 1.807) is 12.1 Å². The van der Waals surface area contributed by atoms with E-state index < -0.39 is 29.6 Å². The van der Waals surface area contributed by atoms with Crippen LogP contribution in [-0.2, 0) is 14.4 Å². The van der Waals surface area contributed by atoms with Crippen LogP contribution in [0.3, 0.4) is 0 Å². The average Bonchev–Trinajstić information content (AvgIpc) is 2.67. The third-order valence-corrected chi connectivity index (χ3v) is 4.00. The van der Waals surface area contributed by atoms with Gasteiger partial charge >= 0.3 is 6.03 Å². The molecule has 29 heavy (non-hydrogen) atoms. The number of hydrogen-bond donors (Lipinski definition) is 3. The lowest BCUT2D eigenvalue weighted by atomic mass is 10.1. The van der Waals surface area contributed by atoms with Gasteiger partial charge in [0.1, 0.15) is 17.1 Å². The summed E-state index contributed by atoms with van der Waals surface area (Å²) in [5.41, 5.74) is 0.627. The van der Waals surface area contributed by atoms with E-state index in [2.05, 4.69) is 5.32 Å². The lowest BCUT2D eigenvalue weighted by Crippen LogP contribution is -2.51. The van der Waals surface area contributed by atoms with Crippen molar-refractivity contribution in [1.29, 1.82) is 0 Å². The van der Waals surface area contributed by atoms with E-state index in [1.807, 2.05) is 10.6 Å². The summed E-state index contributed by atoms with van der Waals surface area (Å²) in [5.74, 6) is -2.29. The lowest BCUT2D eigenvalue weighted by Gasteiger charge is -2.14. The number of amides is 5. The van der Waals surface area contributed by atoms with Crippen LogP contribution in [0.25, 0.3) is 6.08 Å². The molecule has 3 rings (SSSR count). The predicted octanol–water partition coefficient (Wildman–Crippen LogP) is 2.25. The number of carbonyl (C=O) groups is 4. The van der Waals surface area contributed by atoms with Crippen LogP contribution in [-0.4, -0.2) is 30.4 Å². The molecule has 1 heterocycles. The molecule has 1 fully saturated rings. The first-order valence-electron chi connectivity index (χ1n) is 8.18. The van der Waals surface area contributed by atoms with E-state index in [0.717, 1.165) is 6.07 Å². The first-order valence-corrected chi connectivity index (χ1v) is 8.56. The Bertz CT molecular complexity index is 1010. The minimum absolute atomic E-state index is 0.113. The molecule has 0 bridgehead atoms. The van der Waals surface area contributed by atoms with Gasteiger partial charge in [-0.1, -0.05) is 23.7 Å². The number of anilines is 1. The molecular formula is C19H13ClFN3O5. The second kappa shape index (κ2) is 8.53. The highest BCUT2D eigenvalue weighted by Crippen LogP contribution is 2.19. The molecule has 10 heteroatoms. The van der Waals surface area contributed by atoms with Gasteiger partial charge in [-0.2, -0.15) is 0 Å². The Morgan fingerprint density at radius 2 is 1.72 bits per heavy atom. The Balaban J connectivity index is 1.57. The summed E-state index contributed by atoms with van der Waals surface area (Å²) in [7, 11) is 0. The van der Waals surface area contributed by atoms with Gasteiger partial charge in [0.15, 0.2) is 6.61 Å². The Morgan fingerprint density at radius 3 is 2.34 bits per heavy atom. The molecule has 1 aliphatic rings. The third kappa shape index (κ3) is 5.17. The van der Waals surface area contributed by atoms with Crippen molar-refractivity contribution in [3.8, 4) is 5.75 Å². The van der Waals surface area contributed by atoms with E-state index in [9.17, 15) is 23.6 Å². The molecule has 5 amide bonds. The van der Waals surface area contributed by atoms with Crippen LogP contribution in [0.5, 0.6) is 5.75 Å². The van der Waals surface area contributed by atoms with Crippen LogP contribution in [0.15, 0.2) is 48.0 Å². The van der Waals surface area contributed by atoms with Gasteiger partial charge in [-0.15, -0.1) is 0 Å². The van der Waals surface area contributed by atoms with Crippen molar-refractivity contribution >= 4 is 47.1 Å². The molecule has 3 N–H and O–H groups in total. The Hall–Kier alpha value is -3.72. The number of benzene rings is 2. The fraction of sp³-hybridized carbons (Fsp3) is 0.0526. The predicted molar refractivity (Wildman–Crippen MR) is 102 cm³/mol. The standard InChI is InChI=1S/C19H13ClFN3O5/c20-14-8-11(3-6-15(14)21)22-16(25)9-29-12-4-1-10(2-5-12)7-13-17(26)23-19(28)24-18(13)27/h1-8H,9H2,(H,22,25)(H2,23,24,26,27,28). The number of rotatable bonds is 5. The average molecular weight is 418 g/mol. The van der Waals surface area contributed by atoms with E-state index in [4.69, 9.17) is 16.3 Å². The highest BCUT2D eigenvalue weighted by Gasteiger charge is 2.27. The van der Waals surface area contributed by atoms with Crippen LogP contribution < -0.4 is 20.7 Å². The van der Waals surface area contributed by atoms with Crippen LogP contribution >= 0.6 is 11.6 Å². The smallest absolute Gasteiger partial charge is 0.328 e. The molecule has 0 spiro atoms. The first kappa shape index (κ1) is 20.0. The summed E-state index contributed by atoms with van der Waals surface area (Å²) in [6, 6.07) is 9.12. The number of halogens is 2. The van der Waals surface area contributed by atoms with Crippen molar-refractivity contribution in [3.63, 3.8) is 0 Å². The minimum atomic E-state index is -0.873. The van der Waals surface area contributed by atoms with E-state index in [-0.39, 0.29) is 17.2 Å². The minimum Gasteiger partial charge on any atom is -0.484 e. The number of carbonyl (C=O) groups excluding carboxylic acids is 4. The van der Waals surface area contributed by atoms with E-state index in [0.29, 0.717) is 17.0 Å². The quantitative estimate of drug-likeness (QED) is 0.510. The van der Waals surface area contributed by atoms with Crippen LogP contribution in [0.4, 0.5) is 14.9 Å². The van der Waals surface area contributed by atoms with Gasteiger partial charge in [0, 0.05) is 5.69 Å². The molecular weight excluding hydrogens is 405 g/mol. The SMILES string of the molecule is O=C(COc1ccc(C=C2C(=O)NC(=O)NC2=O)cc1)Nc1ccc(F)c(Cl)c1. The number of hydrogen-bond acceptors (Lipinski definition) is 5. The fourth-order valence-corrected chi connectivity index (χ4v) is 2.53. The monoisotopic (exact) mass is 417 g/mol. The molecule has 1 aliphatic heterocycles. The van der Waals surface area contributed by atoms with Crippen molar-refractivity contribution in [3.05, 3.63) is 64.4 Å². The van der Waals surface area contributed by atoms with Gasteiger partial charge in [-0.3, -0.25) is 25.0 Å². The van der Waals surface area contributed by atoms with Crippen molar-refractivity contribution in [2.75, 3.05) is 11.9 Å².